The van der Waals surface area contributed by atoms with Crippen LogP contribution >= 0.6 is 0 Å². The van der Waals surface area contributed by atoms with Gasteiger partial charge in [0.15, 0.2) is 9.84 Å². The fraction of sp³-hybridized carbons (Fsp3) is 0.444. The zero-order valence-electron chi connectivity index (χ0n) is 16.4. The zero-order valence-corrected chi connectivity index (χ0v) is 17.3. The van der Waals surface area contributed by atoms with Crippen molar-refractivity contribution in [1.82, 2.24) is 9.78 Å². The Labute approximate surface area is 173 Å². The number of nitrogens with one attached hydrogen (secondary N) is 1. The first-order valence-electron chi connectivity index (χ1n) is 8.81. The maximum absolute atomic E-state index is 13.1. The molecule has 1 aromatic carbocycles. The molecule has 1 aromatic heterocycles. The molecule has 0 unspecified atom stereocenters. The molecule has 0 spiro atoms. The van der Waals surface area contributed by atoms with Gasteiger partial charge in [-0.3, -0.25) is 4.79 Å². The quantitative estimate of drug-likeness (QED) is 0.663. The number of benzene rings is 1. The maximum Gasteiger partial charge on any atom is 0.416 e. The summed E-state index contributed by atoms with van der Waals surface area (Å²) in [4.78, 5) is 12.7. The van der Waals surface area contributed by atoms with Crippen molar-refractivity contribution in [2.75, 3.05) is 5.32 Å². The highest BCUT2D eigenvalue weighted by Crippen LogP contribution is 2.38. The van der Waals surface area contributed by atoms with E-state index in [1.165, 1.54) is 4.68 Å². The van der Waals surface area contributed by atoms with Gasteiger partial charge in [0.05, 0.1) is 33.9 Å². The summed E-state index contributed by atoms with van der Waals surface area (Å²) in [7, 11) is -3.52. The predicted octanol–water partition coefficient (Wildman–Crippen LogP) is 4.36. The average molecular weight is 469 g/mol. The number of rotatable bonds is 2. The number of carbonyl (C=O) groups excluding carboxylic acids is 1. The van der Waals surface area contributed by atoms with Gasteiger partial charge in [-0.25, -0.2) is 13.1 Å². The van der Waals surface area contributed by atoms with Crippen LogP contribution in [0.5, 0.6) is 0 Å². The van der Waals surface area contributed by atoms with Crippen LogP contribution in [-0.4, -0.2) is 24.1 Å². The first-order chi connectivity index (χ1) is 13.9. The third-order valence-electron chi connectivity index (χ3n) is 4.50. The number of amides is 1. The molecule has 0 atom stereocenters. The average Bonchev–Trinajstić information content (AvgIpc) is 3.05. The first-order valence-corrected chi connectivity index (χ1v) is 10.6. The van der Waals surface area contributed by atoms with Crippen LogP contribution in [0, 0.1) is 0 Å². The van der Waals surface area contributed by atoms with Gasteiger partial charge < -0.3 is 5.32 Å². The lowest BCUT2D eigenvalue weighted by Crippen LogP contribution is -2.28. The van der Waals surface area contributed by atoms with Gasteiger partial charge in [-0.15, -0.1) is 0 Å². The van der Waals surface area contributed by atoms with E-state index in [4.69, 9.17) is 0 Å². The highest BCUT2D eigenvalue weighted by molar-refractivity contribution is 7.90. The maximum atomic E-state index is 13.1. The summed E-state index contributed by atoms with van der Waals surface area (Å²) in [6.07, 6.45) is -10.2. The zero-order chi connectivity index (χ0) is 23.6. The van der Waals surface area contributed by atoms with Gasteiger partial charge in [0.2, 0.25) is 0 Å². The molecule has 6 nitrogen and oxygen atoms in total. The third kappa shape index (κ3) is 4.70. The number of nitrogens with zero attached hydrogens (tertiary/aromatic N) is 2. The standard InChI is InChI=1S/C18H17F6N3O3S/c1-16(2,3)27-14(12-7-31(29,30)8-13(12)26-27)25-15(28)9-4-10(17(19,20)21)6-11(5-9)18(22,23)24/h4-6H,7-8H2,1-3H3,(H,25,28). The van der Waals surface area contributed by atoms with E-state index in [-0.39, 0.29) is 28.9 Å². The van der Waals surface area contributed by atoms with Gasteiger partial charge in [0, 0.05) is 11.1 Å². The number of alkyl halides is 6. The van der Waals surface area contributed by atoms with E-state index in [0.717, 1.165) is 0 Å². The molecule has 1 aliphatic rings. The second-order valence-corrected chi connectivity index (χ2v) is 10.2. The van der Waals surface area contributed by atoms with Crippen LogP contribution in [0.15, 0.2) is 18.2 Å². The summed E-state index contributed by atoms with van der Waals surface area (Å²) in [6.45, 7) is 5.06. The Hall–Kier alpha value is -2.57. The van der Waals surface area contributed by atoms with Crippen molar-refractivity contribution in [2.45, 2.75) is 50.2 Å². The SMILES string of the molecule is CC(C)(C)n1nc2c(c1NC(=O)c1cc(C(F)(F)F)cc(C(F)(F)F)c1)CS(=O)(=O)C2. The van der Waals surface area contributed by atoms with Crippen molar-refractivity contribution in [3.63, 3.8) is 0 Å². The molecule has 3 rings (SSSR count). The molecule has 0 saturated carbocycles. The van der Waals surface area contributed by atoms with Crippen LogP contribution in [0.25, 0.3) is 0 Å². The summed E-state index contributed by atoms with van der Waals surface area (Å²) >= 11 is 0. The molecule has 0 radical (unpaired) electrons. The van der Waals surface area contributed by atoms with E-state index >= 15 is 0 Å². The van der Waals surface area contributed by atoms with Crippen molar-refractivity contribution in [1.29, 1.82) is 0 Å². The lowest BCUT2D eigenvalue weighted by atomic mass is 10.0. The van der Waals surface area contributed by atoms with Crippen LogP contribution in [0.3, 0.4) is 0 Å². The van der Waals surface area contributed by atoms with E-state index in [2.05, 4.69) is 10.4 Å². The second-order valence-electron chi connectivity index (χ2n) is 8.14. The highest BCUT2D eigenvalue weighted by atomic mass is 32.2. The van der Waals surface area contributed by atoms with E-state index in [9.17, 15) is 39.6 Å². The number of hydrogen-bond donors (Lipinski definition) is 1. The van der Waals surface area contributed by atoms with Crippen LogP contribution in [0.1, 0.15) is 53.5 Å². The van der Waals surface area contributed by atoms with Crippen LogP contribution in [-0.2, 0) is 39.2 Å². The molecular formula is C18H17F6N3O3S. The van der Waals surface area contributed by atoms with Crippen molar-refractivity contribution in [3.05, 3.63) is 46.1 Å². The van der Waals surface area contributed by atoms with Crippen molar-refractivity contribution >= 4 is 21.6 Å². The Morgan fingerprint density at radius 1 is 0.968 bits per heavy atom. The molecule has 2 aromatic rings. The van der Waals surface area contributed by atoms with Crippen LogP contribution in [0.2, 0.25) is 0 Å². The Balaban J connectivity index is 2.09. The van der Waals surface area contributed by atoms with Gasteiger partial charge in [-0.05, 0) is 39.0 Å². The van der Waals surface area contributed by atoms with Gasteiger partial charge in [-0.2, -0.15) is 31.4 Å². The normalized spacial score (nSPS) is 16.3. The lowest BCUT2D eigenvalue weighted by molar-refractivity contribution is -0.143. The Morgan fingerprint density at radius 3 is 1.94 bits per heavy atom. The summed E-state index contributed by atoms with van der Waals surface area (Å²) in [5, 5.41) is 6.45. The number of hydrogen-bond acceptors (Lipinski definition) is 4. The summed E-state index contributed by atoms with van der Waals surface area (Å²) in [5.74, 6) is -2.17. The van der Waals surface area contributed by atoms with Crippen molar-refractivity contribution in [3.8, 4) is 0 Å². The number of halogens is 6. The molecule has 0 aliphatic carbocycles. The van der Waals surface area contributed by atoms with Crippen LogP contribution < -0.4 is 5.32 Å². The topological polar surface area (TPSA) is 81.1 Å². The van der Waals surface area contributed by atoms with E-state index in [1.807, 2.05) is 0 Å². The molecule has 0 bridgehead atoms. The monoisotopic (exact) mass is 469 g/mol. The molecule has 170 valence electrons. The van der Waals surface area contributed by atoms with E-state index in [1.54, 1.807) is 20.8 Å². The number of sulfone groups is 1. The van der Waals surface area contributed by atoms with Crippen molar-refractivity contribution in [2.24, 2.45) is 0 Å². The van der Waals surface area contributed by atoms with Gasteiger partial charge in [0.1, 0.15) is 5.82 Å². The molecule has 13 heteroatoms. The van der Waals surface area contributed by atoms with Crippen LogP contribution in [0.4, 0.5) is 32.2 Å². The Bertz CT molecular complexity index is 1130. The third-order valence-corrected chi connectivity index (χ3v) is 5.95. The number of anilines is 1. The van der Waals surface area contributed by atoms with Gasteiger partial charge >= 0.3 is 12.4 Å². The molecule has 31 heavy (non-hydrogen) atoms. The second kappa shape index (κ2) is 6.97. The molecule has 1 amide bonds. The Kier molecular flexibility index (Phi) is 5.19. The van der Waals surface area contributed by atoms with Crippen molar-refractivity contribution < 1.29 is 39.6 Å². The Morgan fingerprint density at radius 2 is 1.48 bits per heavy atom. The number of aromatic nitrogens is 2. The summed E-state index contributed by atoms with van der Waals surface area (Å²) in [5.41, 5.74) is -4.58. The molecule has 1 aliphatic heterocycles. The molecule has 0 fully saturated rings. The number of fused-ring (bicyclic) bond motifs is 1. The van der Waals surface area contributed by atoms with E-state index in [0.29, 0.717) is 12.1 Å². The fourth-order valence-electron chi connectivity index (χ4n) is 3.12. The fourth-order valence-corrected chi connectivity index (χ4v) is 4.62. The highest BCUT2D eigenvalue weighted by Gasteiger charge is 2.39. The minimum atomic E-state index is -5.11. The van der Waals surface area contributed by atoms with E-state index < -0.39 is 56.1 Å². The first kappa shape index (κ1) is 23.1. The lowest BCUT2D eigenvalue weighted by Gasteiger charge is -2.23. The largest absolute Gasteiger partial charge is 0.416 e. The van der Waals surface area contributed by atoms with Gasteiger partial charge in [0.25, 0.3) is 5.91 Å². The molecular weight excluding hydrogens is 452 g/mol. The summed E-state index contributed by atoms with van der Waals surface area (Å²) in [6, 6.07) is 0.527. The van der Waals surface area contributed by atoms with Gasteiger partial charge in [-0.1, -0.05) is 0 Å². The molecule has 1 N–H and O–H groups in total. The predicted molar refractivity (Wildman–Crippen MR) is 98.0 cm³/mol. The summed E-state index contributed by atoms with van der Waals surface area (Å²) < 4.78 is 104. The minimum absolute atomic E-state index is 0.0829. The molecule has 2 heterocycles. The molecule has 0 saturated heterocycles. The number of carbonyl (C=O) groups is 1. The smallest absolute Gasteiger partial charge is 0.306 e. The minimum Gasteiger partial charge on any atom is -0.306 e.